The Kier molecular flexibility index (Phi) is 4.53. The van der Waals surface area contributed by atoms with Gasteiger partial charge in [-0.05, 0) is 13.3 Å². The van der Waals surface area contributed by atoms with Crippen LogP contribution < -0.4 is 4.74 Å². The number of ether oxygens (including phenoxy) is 1. The largest absolute Gasteiger partial charge is 0.481 e. The summed E-state index contributed by atoms with van der Waals surface area (Å²) in [7, 11) is 3.29. The van der Waals surface area contributed by atoms with Crippen molar-refractivity contribution in [1.29, 1.82) is 5.26 Å². The van der Waals surface area contributed by atoms with Gasteiger partial charge in [0.2, 0.25) is 5.88 Å². The molecule has 5 heteroatoms. The monoisotopic (exact) mass is 237 g/mol. The van der Waals surface area contributed by atoms with Gasteiger partial charge >= 0.3 is 0 Å². The first kappa shape index (κ1) is 13.5. The predicted octanol–water partition coefficient (Wildman–Crippen LogP) is 1.71. The Balaban J connectivity index is 3.10. The Bertz CT molecular complexity index is 420. The molecule has 5 nitrogen and oxygen atoms in total. The Morgan fingerprint density at radius 1 is 1.59 bits per heavy atom. The minimum atomic E-state index is -0.844. The second kappa shape index (κ2) is 5.69. The molecule has 17 heavy (non-hydrogen) atoms. The van der Waals surface area contributed by atoms with Gasteiger partial charge in [0.1, 0.15) is 6.10 Å². The highest BCUT2D eigenvalue weighted by atomic mass is 16.5. The summed E-state index contributed by atoms with van der Waals surface area (Å²) < 4.78 is 6.80. The summed E-state index contributed by atoms with van der Waals surface area (Å²) in [6, 6.07) is 2.15. The Morgan fingerprint density at radius 2 is 2.24 bits per heavy atom. The normalized spacial score (nSPS) is 14.1. The van der Waals surface area contributed by atoms with Crippen LogP contribution in [-0.2, 0) is 7.05 Å². The highest BCUT2D eigenvalue weighted by Crippen LogP contribution is 2.33. The Morgan fingerprint density at radius 3 is 2.71 bits per heavy atom. The van der Waals surface area contributed by atoms with Crippen molar-refractivity contribution in [3.63, 3.8) is 0 Å². The first-order chi connectivity index (χ1) is 8.06. The minimum Gasteiger partial charge on any atom is -0.481 e. The van der Waals surface area contributed by atoms with E-state index in [1.165, 1.54) is 7.11 Å². The van der Waals surface area contributed by atoms with Crippen LogP contribution in [0.3, 0.4) is 0 Å². The highest BCUT2D eigenvalue weighted by Gasteiger charge is 2.28. The van der Waals surface area contributed by atoms with Crippen molar-refractivity contribution < 1.29 is 9.84 Å². The van der Waals surface area contributed by atoms with E-state index in [1.807, 2.05) is 6.92 Å². The molecule has 0 aliphatic heterocycles. The molecule has 2 unspecified atom stereocenters. The summed E-state index contributed by atoms with van der Waals surface area (Å²) in [6.07, 6.45) is 0.676. The van der Waals surface area contributed by atoms with Crippen molar-refractivity contribution in [2.45, 2.75) is 32.8 Å². The second-order valence-corrected chi connectivity index (χ2v) is 4.10. The Labute approximate surface area is 102 Å². The SMILES string of the molecule is CCCC(C#N)C(O)c1c(C)nn(C)c1OC. The topological polar surface area (TPSA) is 71.1 Å². The van der Waals surface area contributed by atoms with E-state index < -0.39 is 12.0 Å². The van der Waals surface area contributed by atoms with Crippen LogP contribution in [0.25, 0.3) is 0 Å². The summed E-state index contributed by atoms with van der Waals surface area (Å²) >= 11 is 0. The third-order valence-electron chi connectivity index (χ3n) is 2.85. The van der Waals surface area contributed by atoms with Gasteiger partial charge in [0, 0.05) is 7.05 Å². The van der Waals surface area contributed by atoms with Crippen LogP contribution in [0.2, 0.25) is 0 Å². The molecule has 2 atom stereocenters. The van der Waals surface area contributed by atoms with Gasteiger partial charge in [-0.3, -0.25) is 0 Å². The number of hydrogen-bond acceptors (Lipinski definition) is 4. The maximum Gasteiger partial charge on any atom is 0.217 e. The van der Waals surface area contributed by atoms with Crippen LogP contribution in [0.5, 0.6) is 5.88 Å². The van der Waals surface area contributed by atoms with E-state index in [9.17, 15) is 5.11 Å². The van der Waals surface area contributed by atoms with Gasteiger partial charge in [-0.25, -0.2) is 4.68 Å². The fraction of sp³-hybridized carbons (Fsp3) is 0.667. The number of aryl methyl sites for hydroxylation is 2. The van der Waals surface area contributed by atoms with E-state index in [0.29, 0.717) is 23.6 Å². The molecule has 1 heterocycles. The molecule has 0 fully saturated rings. The molecular formula is C12H19N3O2. The fourth-order valence-corrected chi connectivity index (χ4v) is 2.04. The Hall–Kier alpha value is -1.54. The summed E-state index contributed by atoms with van der Waals surface area (Å²) in [4.78, 5) is 0. The average Bonchev–Trinajstić information content (AvgIpc) is 2.59. The van der Waals surface area contributed by atoms with Gasteiger partial charge in [-0.2, -0.15) is 10.4 Å². The van der Waals surface area contributed by atoms with Gasteiger partial charge in [0.15, 0.2) is 0 Å². The number of aliphatic hydroxyl groups is 1. The maximum atomic E-state index is 10.3. The molecule has 0 aliphatic rings. The molecule has 0 aliphatic carbocycles. The predicted molar refractivity (Wildman–Crippen MR) is 63.5 cm³/mol. The molecule has 0 saturated heterocycles. The number of nitriles is 1. The van der Waals surface area contributed by atoms with E-state index in [-0.39, 0.29) is 0 Å². The highest BCUT2D eigenvalue weighted by molar-refractivity contribution is 5.34. The van der Waals surface area contributed by atoms with Gasteiger partial charge in [0.05, 0.1) is 30.4 Å². The van der Waals surface area contributed by atoms with E-state index in [2.05, 4.69) is 11.2 Å². The number of hydrogen-bond donors (Lipinski definition) is 1. The van der Waals surface area contributed by atoms with Crippen molar-refractivity contribution in [3.8, 4) is 11.9 Å². The summed E-state index contributed by atoms with van der Waals surface area (Å²) in [6.45, 7) is 3.80. The van der Waals surface area contributed by atoms with Crippen molar-refractivity contribution >= 4 is 0 Å². The number of nitrogens with zero attached hydrogens (tertiary/aromatic N) is 3. The lowest BCUT2D eigenvalue weighted by atomic mass is 9.93. The molecule has 0 radical (unpaired) electrons. The molecule has 0 amide bonds. The number of aromatic nitrogens is 2. The van der Waals surface area contributed by atoms with Crippen LogP contribution in [0.1, 0.15) is 37.1 Å². The quantitative estimate of drug-likeness (QED) is 0.846. The fourth-order valence-electron chi connectivity index (χ4n) is 2.04. The van der Waals surface area contributed by atoms with Crippen LogP contribution in [-0.4, -0.2) is 22.0 Å². The zero-order chi connectivity index (χ0) is 13.0. The second-order valence-electron chi connectivity index (χ2n) is 4.10. The van der Waals surface area contributed by atoms with Gasteiger partial charge in [-0.1, -0.05) is 13.3 Å². The smallest absolute Gasteiger partial charge is 0.217 e. The van der Waals surface area contributed by atoms with Gasteiger partial charge < -0.3 is 9.84 Å². The van der Waals surface area contributed by atoms with Crippen molar-refractivity contribution in [1.82, 2.24) is 9.78 Å². The number of rotatable bonds is 5. The van der Waals surface area contributed by atoms with E-state index >= 15 is 0 Å². The van der Waals surface area contributed by atoms with Crippen LogP contribution in [0, 0.1) is 24.2 Å². The third kappa shape index (κ3) is 2.59. The molecule has 1 aromatic rings. The summed E-state index contributed by atoms with van der Waals surface area (Å²) in [5, 5.41) is 23.5. The van der Waals surface area contributed by atoms with Crippen LogP contribution >= 0.6 is 0 Å². The van der Waals surface area contributed by atoms with E-state index in [4.69, 9.17) is 10.00 Å². The number of methoxy groups -OCH3 is 1. The molecule has 1 N–H and O–H groups in total. The van der Waals surface area contributed by atoms with Gasteiger partial charge in [-0.15, -0.1) is 0 Å². The van der Waals surface area contributed by atoms with Crippen LogP contribution in [0.15, 0.2) is 0 Å². The zero-order valence-corrected chi connectivity index (χ0v) is 10.8. The van der Waals surface area contributed by atoms with Gasteiger partial charge in [0.25, 0.3) is 0 Å². The van der Waals surface area contributed by atoms with Crippen LogP contribution in [0.4, 0.5) is 0 Å². The summed E-state index contributed by atoms with van der Waals surface area (Å²) in [5.74, 6) is 0.100. The zero-order valence-electron chi connectivity index (χ0n) is 10.8. The lowest BCUT2D eigenvalue weighted by Gasteiger charge is -2.16. The lowest BCUT2D eigenvalue weighted by molar-refractivity contribution is 0.125. The molecule has 94 valence electrons. The average molecular weight is 237 g/mol. The van der Waals surface area contributed by atoms with Crippen molar-refractivity contribution in [2.75, 3.05) is 7.11 Å². The maximum absolute atomic E-state index is 10.3. The third-order valence-corrected chi connectivity index (χ3v) is 2.85. The lowest BCUT2D eigenvalue weighted by Crippen LogP contribution is -2.12. The number of aliphatic hydroxyl groups excluding tert-OH is 1. The first-order valence-corrected chi connectivity index (χ1v) is 5.71. The minimum absolute atomic E-state index is 0.420. The molecule has 0 aromatic carbocycles. The van der Waals surface area contributed by atoms with Crippen molar-refractivity contribution in [3.05, 3.63) is 11.3 Å². The molecule has 1 rings (SSSR count). The van der Waals surface area contributed by atoms with E-state index in [0.717, 1.165) is 6.42 Å². The standard InChI is InChI=1S/C12H19N3O2/c1-5-6-9(7-13)11(16)10-8(2)14-15(3)12(10)17-4/h9,11,16H,5-6H2,1-4H3. The first-order valence-electron chi connectivity index (χ1n) is 5.71. The molecular weight excluding hydrogens is 218 g/mol. The van der Waals surface area contributed by atoms with E-state index in [1.54, 1.807) is 18.7 Å². The molecule has 0 saturated carbocycles. The molecule has 0 bridgehead atoms. The molecule has 1 aromatic heterocycles. The summed E-state index contributed by atoms with van der Waals surface area (Å²) in [5.41, 5.74) is 1.32. The van der Waals surface area contributed by atoms with Crippen molar-refractivity contribution in [2.24, 2.45) is 13.0 Å². The molecule has 0 spiro atoms.